The Kier molecular flexibility index (Phi) is 6.56. The van der Waals surface area contributed by atoms with Crippen LogP contribution in [0.15, 0.2) is 22.7 Å². The van der Waals surface area contributed by atoms with Gasteiger partial charge in [0, 0.05) is 23.1 Å². The fraction of sp³-hybridized carbons (Fsp3) is 0.667. The van der Waals surface area contributed by atoms with E-state index in [0.717, 1.165) is 36.3 Å². The number of ether oxygens (including phenoxy) is 1. The lowest BCUT2D eigenvalue weighted by atomic mass is 9.76. The predicted molar refractivity (Wildman–Crippen MR) is 92.8 cm³/mol. The maximum absolute atomic E-state index is 5.85. The molecule has 1 aromatic carbocycles. The zero-order valence-corrected chi connectivity index (χ0v) is 15.0. The molecule has 2 nitrogen and oxygen atoms in total. The highest BCUT2D eigenvalue weighted by Gasteiger charge is 2.26. The van der Waals surface area contributed by atoms with E-state index in [1.54, 1.807) is 0 Å². The van der Waals surface area contributed by atoms with Crippen LogP contribution in [0.5, 0.6) is 5.75 Å². The molecular weight excluding hydrogens is 326 g/mol. The molecule has 3 heteroatoms. The Labute approximate surface area is 137 Å². The van der Waals surface area contributed by atoms with Gasteiger partial charge in [-0.05, 0) is 42.9 Å². The maximum atomic E-state index is 5.85. The second-order valence-electron chi connectivity index (χ2n) is 6.58. The van der Waals surface area contributed by atoms with Gasteiger partial charge in [0.25, 0.3) is 0 Å². The zero-order chi connectivity index (χ0) is 15.1. The quantitative estimate of drug-likeness (QED) is 0.718. The summed E-state index contributed by atoms with van der Waals surface area (Å²) in [4.78, 5) is 0. The van der Waals surface area contributed by atoms with Crippen LogP contribution in [0.25, 0.3) is 0 Å². The van der Waals surface area contributed by atoms with Gasteiger partial charge in [-0.25, -0.2) is 0 Å². The normalized spacial score (nSPS) is 17.7. The van der Waals surface area contributed by atoms with Crippen molar-refractivity contribution in [3.8, 4) is 5.75 Å². The monoisotopic (exact) mass is 353 g/mol. The number of hydrogen-bond donors (Lipinski definition) is 1. The van der Waals surface area contributed by atoms with Gasteiger partial charge in [-0.3, -0.25) is 0 Å². The first-order valence-corrected chi connectivity index (χ1v) is 9.04. The van der Waals surface area contributed by atoms with E-state index in [0.29, 0.717) is 5.41 Å². The van der Waals surface area contributed by atoms with Crippen LogP contribution in [0.3, 0.4) is 0 Å². The van der Waals surface area contributed by atoms with Gasteiger partial charge in [-0.2, -0.15) is 0 Å². The van der Waals surface area contributed by atoms with Gasteiger partial charge < -0.3 is 10.1 Å². The van der Waals surface area contributed by atoms with Crippen LogP contribution in [0.2, 0.25) is 0 Å². The Bertz CT molecular complexity index is 441. The van der Waals surface area contributed by atoms with Crippen molar-refractivity contribution in [1.29, 1.82) is 0 Å². The van der Waals surface area contributed by atoms with Crippen molar-refractivity contribution >= 4 is 15.9 Å². The molecule has 21 heavy (non-hydrogen) atoms. The molecule has 0 radical (unpaired) electrons. The molecule has 1 fully saturated rings. The summed E-state index contributed by atoms with van der Waals surface area (Å²) in [6.07, 6.45) is 7.95. The molecule has 0 spiro atoms. The lowest BCUT2D eigenvalue weighted by Crippen LogP contribution is -2.33. The van der Waals surface area contributed by atoms with Crippen LogP contribution < -0.4 is 10.1 Å². The number of rotatable bonds is 7. The van der Waals surface area contributed by atoms with Crippen molar-refractivity contribution in [3.63, 3.8) is 0 Å². The average molecular weight is 354 g/mol. The van der Waals surface area contributed by atoms with Gasteiger partial charge in [0.05, 0.1) is 6.61 Å². The summed E-state index contributed by atoms with van der Waals surface area (Å²) < 4.78 is 6.97. The standard InChI is InChI=1S/C18H28BrNO/c1-3-11-21-17-8-7-16(19)12-15(17)13-20-14-18(2)9-5-4-6-10-18/h7-8,12,20H,3-6,9-11,13-14H2,1-2H3. The van der Waals surface area contributed by atoms with Gasteiger partial charge in [0.15, 0.2) is 0 Å². The number of nitrogens with one attached hydrogen (secondary N) is 1. The molecule has 0 aromatic heterocycles. The highest BCUT2D eigenvalue weighted by Crippen LogP contribution is 2.35. The smallest absolute Gasteiger partial charge is 0.123 e. The van der Waals surface area contributed by atoms with E-state index >= 15 is 0 Å². The van der Waals surface area contributed by atoms with E-state index in [4.69, 9.17) is 4.74 Å². The summed E-state index contributed by atoms with van der Waals surface area (Å²) in [7, 11) is 0. The first kappa shape index (κ1) is 16.8. The number of halogens is 1. The van der Waals surface area contributed by atoms with E-state index in [-0.39, 0.29) is 0 Å². The minimum atomic E-state index is 0.481. The average Bonchev–Trinajstić information content (AvgIpc) is 2.47. The summed E-state index contributed by atoms with van der Waals surface area (Å²) in [5.74, 6) is 1.02. The van der Waals surface area contributed by atoms with Crippen LogP contribution in [0.4, 0.5) is 0 Å². The number of benzene rings is 1. The molecule has 2 rings (SSSR count). The largest absolute Gasteiger partial charge is 0.493 e. The minimum Gasteiger partial charge on any atom is -0.493 e. The van der Waals surface area contributed by atoms with Crippen molar-refractivity contribution in [3.05, 3.63) is 28.2 Å². The van der Waals surface area contributed by atoms with E-state index in [9.17, 15) is 0 Å². The SMILES string of the molecule is CCCOc1ccc(Br)cc1CNCC1(C)CCCCC1. The Morgan fingerprint density at radius 1 is 1.24 bits per heavy atom. The fourth-order valence-electron chi connectivity index (χ4n) is 3.12. The zero-order valence-electron chi connectivity index (χ0n) is 13.4. The minimum absolute atomic E-state index is 0.481. The molecule has 1 aliphatic rings. The lowest BCUT2D eigenvalue weighted by molar-refractivity contribution is 0.207. The molecule has 0 bridgehead atoms. The van der Waals surface area contributed by atoms with E-state index in [2.05, 4.69) is 53.3 Å². The van der Waals surface area contributed by atoms with E-state index in [1.165, 1.54) is 37.7 Å². The number of hydrogen-bond acceptors (Lipinski definition) is 2. The van der Waals surface area contributed by atoms with Crippen molar-refractivity contribution in [2.75, 3.05) is 13.2 Å². The molecule has 0 heterocycles. The van der Waals surface area contributed by atoms with Gasteiger partial charge in [0.2, 0.25) is 0 Å². The predicted octanol–water partition coefficient (Wildman–Crippen LogP) is 5.30. The lowest BCUT2D eigenvalue weighted by Gasteiger charge is -2.33. The molecule has 1 aromatic rings. The second-order valence-corrected chi connectivity index (χ2v) is 7.49. The van der Waals surface area contributed by atoms with Crippen molar-refractivity contribution in [1.82, 2.24) is 5.32 Å². The first-order valence-electron chi connectivity index (χ1n) is 8.25. The Balaban J connectivity index is 1.90. The summed E-state index contributed by atoms with van der Waals surface area (Å²) in [5.41, 5.74) is 1.73. The summed E-state index contributed by atoms with van der Waals surface area (Å²) in [6.45, 7) is 7.34. The highest BCUT2D eigenvalue weighted by atomic mass is 79.9. The summed E-state index contributed by atoms with van der Waals surface area (Å²) in [5, 5.41) is 3.66. The van der Waals surface area contributed by atoms with Crippen LogP contribution >= 0.6 is 15.9 Å². The topological polar surface area (TPSA) is 21.3 Å². The third kappa shape index (κ3) is 5.30. The van der Waals surface area contributed by atoms with Gasteiger partial charge in [0.1, 0.15) is 5.75 Å². The molecule has 0 amide bonds. The van der Waals surface area contributed by atoms with Crippen molar-refractivity contribution in [2.45, 2.75) is 58.9 Å². The molecule has 0 saturated heterocycles. The van der Waals surface area contributed by atoms with Crippen LogP contribution in [-0.4, -0.2) is 13.2 Å². The maximum Gasteiger partial charge on any atom is 0.123 e. The van der Waals surface area contributed by atoms with Gasteiger partial charge in [-0.15, -0.1) is 0 Å². The molecule has 118 valence electrons. The van der Waals surface area contributed by atoms with Crippen molar-refractivity contribution in [2.24, 2.45) is 5.41 Å². The third-order valence-corrected chi connectivity index (χ3v) is 4.91. The van der Waals surface area contributed by atoms with Gasteiger partial charge >= 0.3 is 0 Å². The molecule has 0 aliphatic heterocycles. The second kappa shape index (κ2) is 8.19. The Morgan fingerprint density at radius 3 is 2.71 bits per heavy atom. The molecule has 0 atom stereocenters. The Morgan fingerprint density at radius 2 is 2.00 bits per heavy atom. The van der Waals surface area contributed by atoms with Gasteiger partial charge in [-0.1, -0.05) is 49.0 Å². The van der Waals surface area contributed by atoms with Crippen LogP contribution in [0.1, 0.15) is 57.9 Å². The van der Waals surface area contributed by atoms with E-state index < -0.39 is 0 Å². The first-order chi connectivity index (χ1) is 10.1. The molecular formula is C18H28BrNO. The molecule has 0 unspecified atom stereocenters. The summed E-state index contributed by atoms with van der Waals surface area (Å²) in [6, 6.07) is 6.29. The fourth-order valence-corrected chi connectivity index (χ4v) is 3.53. The molecule has 1 aliphatic carbocycles. The van der Waals surface area contributed by atoms with Crippen LogP contribution in [0, 0.1) is 5.41 Å². The molecule has 1 N–H and O–H groups in total. The third-order valence-electron chi connectivity index (χ3n) is 4.41. The Hall–Kier alpha value is -0.540. The van der Waals surface area contributed by atoms with Crippen molar-refractivity contribution < 1.29 is 4.74 Å². The summed E-state index contributed by atoms with van der Waals surface area (Å²) >= 11 is 3.56. The highest BCUT2D eigenvalue weighted by molar-refractivity contribution is 9.10. The van der Waals surface area contributed by atoms with Crippen LogP contribution in [-0.2, 0) is 6.54 Å². The van der Waals surface area contributed by atoms with E-state index in [1.807, 2.05) is 0 Å². The molecule has 1 saturated carbocycles.